The molecule has 2 aromatic rings. The average Bonchev–Trinajstić information content (AvgIpc) is 2.56. The number of aromatic carboxylic acids is 1. The van der Waals surface area contributed by atoms with Crippen LogP contribution >= 0.6 is 0 Å². The number of nitrogens with one attached hydrogen (secondary N) is 1. The molecule has 0 spiro atoms. The molecule has 2 aromatic carbocycles. The van der Waals surface area contributed by atoms with Crippen molar-refractivity contribution in [3.8, 4) is 0 Å². The Morgan fingerprint density at radius 2 is 1.85 bits per heavy atom. The number of nitro groups is 1. The molecule has 9 heteroatoms. The van der Waals surface area contributed by atoms with E-state index in [-0.39, 0.29) is 22.8 Å². The Balaban J connectivity index is 1.97. The highest BCUT2D eigenvalue weighted by atomic mass is 32.2. The maximum absolute atomic E-state index is 12.1. The summed E-state index contributed by atoms with van der Waals surface area (Å²) in [5, 5.41) is 22.2. The number of non-ortho nitro benzene ring substituents is 1. The number of amides is 1. The standard InChI is InChI=1S/C17H16N2O6S/c1-11-2-7-14(19(23)24)8-15(11)18-16(20)10-26(25)9-12-3-5-13(6-4-12)17(21)22/h2-8H,9-10H2,1H3,(H,18,20)(H,21,22). The van der Waals surface area contributed by atoms with Gasteiger partial charge in [0, 0.05) is 28.7 Å². The van der Waals surface area contributed by atoms with Gasteiger partial charge in [0.05, 0.1) is 16.2 Å². The van der Waals surface area contributed by atoms with E-state index < -0.39 is 27.6 Å². The molecule has 0 aliphatic heterocycles. The summed E-state index contributed by atoms with van der Waals surface area (Å²) in [6.45, 7) is 1.69. The summed E-state index contributed by atoms with van der Waals surface area (Å²) in [5.41, 5.74) is 1.57. The van der Waals surface area contributed by atoms with Crippen LogP contribution in [0.1, 0.15) is 21.5 Å². The number of carboxylic acids is 1. The largest absolute Gasteiger partial charge is 0.478 e. The Hall–Kier alpha value is -3.07. The molecule has 8 nitrogen and oxygen atoms in total. The van der Waals surface area contributed by atoms with Gasteiger partial charge in [-0.2, -0.15) is 0 Å². The molecule has 0 aromatic heterocycles. The van der Waals surface area contributed by atoms with E-state index in [9.17, 15) is 23.9 Å². The van der Waals surface area contributed by atoms with Gasteiger partial charge in [0.1, 0.15) is 5.75 Å². The summed E-state index contributed by atoms with van der Waals surface area (Å²) in [6.07, 6.45) is 0. The second-order valence-corrected chi connectivity index (χ2v) is 6.99. The zero-order chi connectivity index (χ0) is 19.3. The predicted molar refractivity (Wildman–Crippen MR) is 96.6 cm³/mol. The first-order valence-corrected chi connectivity index (χ1v) is 8.97. The molecule has 26 heavy (non-hydrogen) atoms. The van der Waals surface area contributed by atoms with Crippen molar-refractivity contribution in [3.05, 3.63) is 69.3 Å². The Bertz CT molecular complexity index is 879. The predicted octanol–water partition coefficient (Wildman–Crippen LogP) is 2.49. The van der Waals surface area contributed by atoms with Crippen LogP contribution in [0.2, 0.25) is 0 Å². The highest BCUT2D eigenvalue weighted by Crippen LogP contribution is 2.21. The number of anilines is 1. The third kappa shape index (κ3) is 5.21. The first kappa shape index (κ1) is 19.3. The van der Waals surface area contributed by atoms with E-state index in [0.29, 0.717) is 16.8 Å². The Kier molecular flexibility index (Phi) is 6.18. The van der Waals surface area contributed by atoms with Crippen LogP contribution in [0.4, 0.5) is 11.4 Å². The van der Waals surface area contributed by atoms with Crippen molar-refractivity contribution in [1.29, 1.82) is 0 Å². The molecule has 2 rings (SSSR count). The van der Waals surface area contributed by atoms with Crippen molar-refractivity contribution in [1.82, 2.24) is 0 Å². The number of carboxylic acid groups (broad SMARTS) is 1. The minimum atomic E-state index is -1.51. The second kappa shape index (κ2) is 8.34. The highest BCUT2D eigenvalue weighted by Gasteiger charge is 2.14. The molecule has 0 saturated heterocycles. The van der Waals surface area contributed by atoms with Crippen LogP contribution in [0.5, 0.6) is 0 Å². The number of aryl methyl sites for hydroxylation is 1. The summed E-state index contributed by atoms with van der Waals surface area (Å²) in [7, 11) is -1.51. The summed E-state index contributed by atoms with van der Waals surface area (Å²) in [5.74, 6) is -1.75. The van der Waals surface area contributed by atoms with Crippen molar-refractivity contribution < 1.29 is 23.8 Å². The van der Waals surface area contributed by atoms with Gasteiger partial charge in [-0.1, -0.05) is 18.2 Å². The summed E-state index contributed by atoms with van der Waals surface area (Å²) in [4.78, 5) is 33.1. The van der Waals surface area contributed by atoms with Gasteiger partial charge in [-0.05, 0) is 30.2 Å². The van der Waals surface area contributed by atoms with Crippen LogP contribution < -0.4 is 5.32 Å². The molecule has 0 heterocycles. The third-order valence-electron chi connectivity index (χ3n) is 3.53. The van der Waals surface area contributed by atoms with Crippen molar-refractivity contribution in [2.24, 2.45) is 0 Å². The van der Waals surface area contributed by atoms with Gasteiger partial charge >= 0.3 is 5.97 Å². The lowest BCUT2D eigenvalue weighted by atomic mass is 10.1. The number of benzene rings is 2. The SMILES string of the molecule is Cc1ccc([N+](=O)[O-])cc1NC(=O)CS(=O)Cc1ccc(C(=O)O)cc1. The number of carbonyl (C=O) groups is 2. The minimum Gasteiger partial charge on any atom is -0.478 e. The molecule has 0 aliphatic carbocycles. The maximum atomic E-state index is 12.1. The van der Waals surface area contributed by atoms with Gasteiger partial charge < -0.3 is 10.4 Å². The number of carbonyl (C=O) groups excluding carboxylic acids is 1. The molecule has 1 atom stereocenters. The van der Waals surface area contributed by atoms with E-state index in [1.54, 1.807) is 19.1 Å². The van der Waals surface area contributed by atoms with Crippen LogP contribution in [-0.2, 0) is 21.3 Å². The van der Waals surface area contributed by atoms with E-state index >= 15 is 0 Å². The van der Waals surface area contributed by atoms with Crippen LogP contribution in [0.3, 0.4) is 0 Å². The topological polar surface area (TPSA) is 127 Å². The Labute approximate surface area is 151 Å². The number of hydrogen-bond acceptors (Lipinski definition) is 5. The fourth-order valence-corrected chi connectivity index (χ4v) is 3.20. The molecule has 0 saturated carbocycles. The zero-order valence-electron chi connectivity index (χ0n) is 13.8. The first-order chi connectivity index (χ1) is 12.3. The smallest absolute Gasteiger partial charge is 0.335 e. The minimum absolute atomic E-state index is 0.0985. The molecule has 1 unspecified atom stereocenters. The van der Waals surface area contributed by atoms with Crippen molar-refractivity contribution >= 4 is 34.1 Å². The lowest BCUT2D eigenvalue weighted by molar-refractivity contribution is -0.384. The van der Waals surface area contributed by atoms with Gasteiger partial charge in [-0.25, -0.2) is 4.79 Å². The van der Waals surface area contributed by atoms with Crippen LogP contribution in [-0.4, -0.2) is 31.9 Å². The van der Waals surface area contributed by atoms with Gasteiger partial charge in [-0.3, -0.25) is 19.1 Å². The average molecular weight is 376 g/mol. The zero-order valence-corrected chi connectivity index (χ0v) is 14.6. The van der Waals surface area contributed by atoms with E-state index in [2.05, 4.69) is 5.32 Å². The van der Waals surface area contributed by atoms with Gasteiger partial charge in [0.15, 0.2) is 0 Å². The van der Waals surface area contributed by atoms with Crippen LogP contribution in [0.25, 0.3) is 0 Å². The lowest BCUT2D eigenvalue weighted by Crippen LogP contribution is -2.20. The van der Waals surface area contributed by atoms with E-state index in [1.807, 2.05) is 0 Å². The molecule has 0 radical (unpaired) electrons. The summed E-state index contributed by atoms with van der Waals surface area (Å²) < 4.78 is 12.1. The van der Waals surface area contributed by atoms with Gasteiger partial charge in [-0.15, -0.1) is 0 Å². The molecule has 1 amide bonds. The van der Waals surface area contributed by atoms with Crippen molar-refractivity contribution in [3.63, 3.8) is 0 Å². The monoisotopic (exact) mass is 376 g/mol. The molecular weight excluding hydrogens is 360 g/mol. The second-order valence-electron chi connectivity index (χ2n) is 5.54. The first-order valence-electron chi connectivity index (χ1n) is 7.48. The molecular formula is C17H16N2O6S. The van der Waals surface area contributed by atoms with Gasteiger partial charge in [0.25, 0.3) is 5.69 Å². The van der Waals surface area contributed by atoms with E-state index in [0.717, 1.165) is 0 Å². The number of rotatable bonds is 7. The number of nitro benzene ring substituents is 1. The highest BCUT2D eigenvalue weighted by molar-refractivity contribution is 7.84. The molecule has 136 valence electrons. The Morgan fingerprint density at radius 1 is 1.19 bits per heavy atom. The van der Waals surface area contributed by atoms with Crippen molar-refractivity contribution in [2.75, 3.05) is 11.1 Å². The third-order valence-corrected chi connectivity index (χ3v) is 4.77. The van der Waals surface area contributed by atoms with Crippen LogP contribution in [0, 0.1) is 17.0 Å². The summed E-state index contributed by atoms with van der Waals surface area (Å²) in [6, 6.07) is 10.0. The number of hydrogen-bond donors (Lipinski definition) is 2. The van der Waals surface area contributed by atoms with Gasteiger partial charge in [0.2, 0.25) is 5.91 Å². The maximum Gasteiger partial charge on any atom is 0.335 e. The molecule has 0 bridgehead atoms. The van der Waals surface area contributed by atoms with Crippen molar-refractivity contribution in [2.45, 2.75) is 12.7 Å². The fourth-order valence-electron chi connectivity index (χ4n) is 2.17. The van der Waals surface area contributed by atoms with E-state index in [1.165, 1.54) is 30.3 Å². The number of nitrogens with zero attached hydrogens (tertiary/aromatic N) is 1. The van der Waals surface area contributed by atoms with Crippen LogP contribution in [0.15, 0.2) is 42.5 Å². The lowest BCUT2D eigenvalue weighted by Gasteiger charge is -2.08. The summed E-state index contributed by atoms with van der Waals surface area (Å²) >= 11 is 0. The fraction of sp³-hybridized carbons (Fsp3) is 0.176. The Morgan fingerprint density at radius 3 is 2.42 bits per heavy atom. The molecule has 0 fully saturated rings. The molecule has 2 N–H and O–H groups in total. The molecule has 0 aliphatic rings. The van der Waals surface area contributed by atoms with E-state index in [4.69, 9.17) is 5.11 Å². The normalized spacial score (nSPS) is 11.6. The quantitative estimate of drug-likeness (QED) is 0.565.